The molecule has 1 aromatic heterocycles. The number of halogens is 1. The number of nitrogens with one attached hydrogen (secondary N) is 1. The highest BCUT2D eigenvalue weighted by Crippen LogP contribution is 2.16. The zero-order valence-electron chi connectivity index (χ0n) is 9.62. The van der Waals surface area contributed by atoms with E-state index in [1.54, 1.807) is 19.1 Å². The third kappa shape index (κ3) is 3.18. The fourth-order valence-electron chi connectivity index (χ4n) is 1.18. The summed E-state index contributed by atoms with van der Waals surface area (Å²) in [4.78, 5) is 15.7. The first-order chi connectivity index (χ1) is 7.41. The Hall–Kier alpha value is -1.13. The molecule has 1 heterocycles. The zero-order chi connectivity index (χ0) is 12.3. The molecule has 0 unspecified atom stereocenters. The maximum absolute atomic E-state index is 11.7. The fourth-order valence-corrected chi connectivity index (χ4v) is 1.37. The van der Waals surface area contributed by atoms with Gasteiger partial charge in [0.1, 0.15) is 5.15 Å². The minimum Gasteiger partial charge on any atom is -0.323 e. The van der Waals surface area contributed by atoms with E-state index < -0.39 is 6.04 Å². The first-order valence-corrected chi connectivity index (χ1v) is 5.49. The Morgan fingerprint density at radius 1 is 1.50 bits per heavy atom. The van der Waals surface area contributed by atoms with Crippen LogP contribution in [0.25, 0.3) is 0 Å². The number of aromatic nitrogens is 1. The number of amides is 1. The van der Waals surface area contributed by atoms with Crippen molar-refractivity contribution in [3.8, 4) is 0 Å². The number of nitrogens with two attached hydrogens (primary N) is 1. The molecule has 3 N–H and O–H groups in total. The van der Waals surface area contributed by atoms with Crippen molar-refractivity contribution in [2.45, 2.75) is 26.8 Å². The van der Waals surface area contributed by atoms with Gasteiger partial charge in [-0.3, -0.25) is 4.79 Å². The van der Waals surface area contributed by atoms with Crippen molar-refractivity contribution in [3.63, 3.8) is 0 Å². The lowest BCUT2D eigenvalue weighted by Crippen LogP contribution is -2.39. The fraction of sp³-hybridized carbons (Fsp3) is 0.455. The summed E-state index contributed by atoms with van der Waals surface area (Å²) in [5.41, 5.74) is 7.05. The smallest absolute Gasteiger partial charge is 0.241 e. The molecule has 0 spiro atoms. The van der Waals surface area contributed by atoms with Gasteiger partial charge in [-0.25, -0.2) is 4.98 Å². The predicted molar refractivity (Wildman–Crippen MR) is 65.4 cm³/mol. The van der Waals surface area contributed by atoms with E-state index in [1.165, 1.54) is 0 Å². The number of aryl methyl sites for hydroxylation is 1. The lowest BCUT2D eigenvalue weighted by atomic mass is 10.0. The molecule has 4 nitrogen and oxygen atoms in total. The monoisotopic (exact) mass is 241 g/mol. The van der Waals surface area contributed by atoms with Gasteiger partial charge in [0, 0.05) is 0 Å². The number of rotatable bonds is 3. The van der Waals surface area contributed by atoms with E-state index in [1.807, 2.05) is 13.8 Å². The second-order valence-corrected chi connectivity index (χ2v) is 4.41. The summed E-state index contributed by atoms with van der Waals surface area (Å²) in [6.45, 7) is 5.58. The van der Waals surface area contributed by atoms with E-state index in [4.69, 9.17) is 17.3 Å². The van der Waals surface area contributed by atoms with Crippen molar-refractivity contribution < 1.29 is 4.79 Å². The quantitative estimate of drug-likeness (QED) is 0.795. The molecule has 0 radical (unpaired) electrons. The predicted octanol–water partition coefficient (Wildman–Crippen LogP) is 1.97. The number of hydrogen-bond donors (Lipinski definition) is 2. The third-order valence-corrected chi connectivity index (χ3v) is 2.54. The SMILES string of the molecule is Cc1nc(Cl)ccc1NC(=O)[C@H](N)C(C)C. The highest BCUT2D eigenvalue weighted by atomic mass is 35.5. The number of pyridine rings is 1. The van der Waals surface area contributed by atoms with Gasteiger partial charge in [0.2, 0.25) is 5.91 Å². The summed E-state index contributed by atoms with van der Waals surface area (Å²) in [5, 5.41) is 3.14. The van der Waals surface area contributed by atoms with Gasteiger partial charge in [-0.2, -0.15) is 0 Å². The molecule has 0 aromatic carbocycles. The van der Waals surface area contributed by atoms with Crippen molar-refractivity contribution in [2.75, 3.05) is 5.32 Å². The molecule has 16 heavy (non-hydrogen) atoms. The van der Waals surface area contributed by atoms with Crippen LogP contribution in [0.3, 0.4) is 0 Å². The second kappa shape index (κ2) is 5.27. The van der Waals surface area contributed by atoms with Gasteiger partial charge in [0.05, 0.1) is 17.4 Å². The molecule has 1 atom stereocenters. The number of carbonyl (C=O) groups excluding carboxylic acids is 1. The first-order valence-electron chi connectivity index (χ1n) is 5.11. The number of anilines is 1. The Balaban J connectivity index is 2.77. The summed E-state index contributed by atoms with van der Waals surface area (Å²) in [5.74, 6) is -0.109. The first kappa shape index (κ1) is 12.9. The molecule has 1 amide bonds. The Bertz CT molecular complexity index is 393. The molecule has 0 saturated carbocycles. The van der Waals surface area contributed by atoms with Gasteiger partial charge < -0.3 is 11.1 Å². The highest BCUT2D eigenvalue weighted by molar-refractivity contribution is 6.29. The lowest BCUT2D eigenvalue weighted by Gasteiger charge is -2.16. The Morgan fingerprint density at radius 2 is 2.12 bits per heavy atom. The van der Waals surface area contributed by atoms with E-state index in [-0.39, 0.29) is 11.8 Å². The van der Waals surface area contributed by atoms with Crippen LogP contribution in [-0.4, -0.2) is 16.9 Å². The maximum atomic E-state index is 11.7. The largest absolute Gasteiger partial charge is 0.323 e. The lowest BCUT2D eigenvalue weighted by molar-refractivity contribution is -0.118. The average molecular weight is 242 g/mol. The molecule has 5 heteroatoms. The molecule has 88 valence electrons. The summed E-state index contributed by atoms with van der Waals surface area (Å²) in [7, 11) is 0. The van der Waals surface area contributed by atoms with E-state index in [0.717, 1.165) is 0 Å². The van der Waals surface area contributed by atoms with Crippen molar-refractivity contribution in [3.05, 3.63) is 23.0 Å². The van der Waals surface area contributed by atoms with Gasteiger partial charge in [-0.05, 0) is 25.0 Å². The van der Waals surface area contributed by atoms with Crippen LogP contribution in [0.4, 0.5) is 5.69 Å². The van der Waals surface area contributed by atoms with Gasteiger partial charge in [0.25, 0.3) is 0 Å². The van der Waals surface area contributed by atoms with Crippen LogP contribution in [0.2, 0.25) is 5.15 Å². The molecule has 0 bridgehead atoms. The van der Waals surface area contributed by atoms with Crippen LogP contribution in [0.5, 0.6) is 0 Å². The standard InChI is InChI=1S/C11H16ClN3O/c1-6(2)10(13)11(16)15-8-4-5-9(12)14-7(8)3/h4-6,10H,13H2,1-3H3,(H,15,16)/t10-/m1/s1. The van der Waals surface area contributed by atoms with Crippen molar-refractivity contribution >= 4 is 23.2 Å². The van der Waals surface area contributed by atoms with Gasteiger partial charge in [-0.15, -0.1) is 0 Å². The Labute approximate surface area is 100 Å². The van der Waals surface area contributed by atoms with Crippen LogP contribution in [0, 0.1) is 12.8 Å². The van der Waals surface area contributed by atoms with Crippen molar-refractivity contribution in [2.24, 2.45) is 11.7 Å². The maximum Gasteiger partial charge on any atom is 0.241 e. The highest BCUT2D eigenvalue weighted by Gasteiger charge is 2.17. The van der Waals surface area contributed by atoms with E-state index in [2.05, 4.69) is 10.3 Å². The third-order valence-electron chi connectivity index (χ3n) is 2.33. The number of hydrogen-bond acceptors (Lipinski definition) is 3. The van der Waals surface area contributed by atoms with Gasteiger partial charge in [-0.1, -0.05) is 25.4 Å². The molecule has 1 aromatic rings. The molecular formula is C11H16ClN3O. The molecule has 0 aliphatic heterocycles. The summed E-state index contributed by atoms with van der Waals surface area (Å²) >= 11 is 5.72. The van der Waals surface area contributed by atoms with E-state index in [0.29, 0.717) is 16.5 Å². The van der Waals surface area contributed by atoms with Crippen LogP contribution in [-0.2, 0) is 4.79 Å². The van der Waals surface area contributed by atoms with E-state index in [9.17, 15) is 4.79 Å². The molecule has 0 saturated heterocycles. The Kier molecular flexibility index (Phi) is 4.26. The van der Waals surface area contributed by atoms with Crippen molar-refractivity contribution in [1.29, 1.82) is 0 Å². The minimum absolute atomic E-state index is 0.0977. The number of nitrogens with zero attached hydrogens (tertiary/aromatic N) is 1. The molecule has 0 aliphatic rings. The molecule has 1 rings (SSSR count). The summed E-state index contributed by atoms with van der Waals surface area (Å²) < 4.78 is 0. The van der Waals surface area contributed by atoms with Crippen molar-refractivity contribution in [1.82, 2.24) is 4.98 Å². The normalized spacial score (nSPS) is 12.6. The summed E-state index contributed by atoms with van der Waals surface area (Å²) in [6, 6.07) is 2.83. The van der Waals surface area contributed by atoms with Crippen LogP contribution < -0.4 is 11.1 Å². The molecule has 0 fully saturated rings. The average Bonchev–Trinajstić information content (AvgIpc) is 2.20. The van der Waals surface area contributed by atoms with E-state index >= 15 is 0 Å². The van der Waals surface area contributed by atoms with Crippen LogP contribution in [0.1, 0.15) is 19.5 Å². The topological polar surface area (TPSA) is 68.0 Å². The Morgan fingerprint density at radius 3 is 2.62 bits per heavy atom. The van der Waals surface area contributed by atoms with Gasteiger partial charge in [0.15, 0.2) is 0 Å². The van der Waals surface area contributed by atoms with Gasteiger partial charge >= 0.3 is 0 Å². The van der Waals surface area contributed by atoms with Crippen LogP contribution in [0.15, 0.2) is 12.1 Å². The molecule has 0 aliphatic carbocycles. The summed E-state index contributed by atoms with van der Waals surface area (Å²) in [6.07, 6.45) is 0. The zero-order valence-corrected chi connectivity index (χ0v) is 10.4. The molecular weight excluding hydrogens is 226 g/mol. The minimum atomic E-state index is -0.518. The van der Waals surface area contributed by atoms with Crippen LogP contribution >= 0.6 is 11.6 Å². The number of carbonyl (C=O) groups is 1. The second-order valence-electron chi connectivity index (χ2n) is 4.03.